The Bertz CT molecular complexity index is 1310. The summed E-state index contributed by atoms with van der Waals surface area (Å²) in [5.74, 6) is 0.271. The van der Waals surface area contributed by atoms with Gasteiger partial charge in [0.15, 0.2) is 0 Å². The van der Waals surface area contributed by atoms with Crippen molar-refractivity contribution in [3.63, 3.8) is 0 Å². The molecule has 0 aliphatic heterocycles. The van der Waals surface area contributed by atoms with Crippen LogP contribution >= 0.6 is 0 Å². The summed E-state index contributed by atoms with van der Waals surface area (Å²) in [6, 6.07) is 17.3. The van der Waals surface area contributed by atoms with E-state index in [9.17, 15) is 10.1 Å². The normalized spacial score (nSPS) is 10.8. The topological polar surface area (TPSA) is 95.9 Å². The van der Waals surface area contributed by atoms with Gasteiger partial charge in [0.05, 0.1) is 28.8 Å². The second-order valence-corrected chi connectivity index (χ2v) is 6.97. The van der Waals surface area contributed by atoms with Gasteiger partial charge in [0.2, 0.25) is 5.91 Å². The zero-order chi connectivity index (χ0) is 20.5. The van der Waals surface area contributed by atoms with Crippen molar-refractivity contribution in [3.8, 4) is 6.07 Å². The molecule has 0 fully saturated rings. The Labute approximate surface area is 168 Å². The van der Waals surface area contributed by atoms with E-state index in [0.717, 1.165) is 27.4 Å². The molecule has 0 saturated heterocycles. The van der Waals surface area contributed by atoms with Crippen LogP contribution in [0.15, 0.2) is 54.7 Å². The van der Waals surface area contributed by atoms with Gasteiger partial charge in [0.1, 0.15) is 11.9 Å². The Balaban J connectivity index is 1.80. The number of fused-ring (bicyclic) bond motifs is 2. The van der Waals surface area contributed by atoms with Gasteiger partial charge in [-0.1, -0.05) is 30.3 Å². The molecule has 1 amide bonds. The largest absolute Gasteiger partial charge is 0.384 e. The zero-order valence-corrected chi connectivity index (χ0v) is 16.2. The smallest absolute Gasteiger partial charge is 0.224 e. The number of hydrogen-bond acceptors (Lipinski definition) is 5. The highest BCUT2D eigenvalue weighted by Gasteiger charge is 2.18. The van der Waals surface area contributed by atoms with Gasteiger partial charge < -0.3 is 10.6 Å². The summed E-state index contributed by atoms with van der Waals surface area (Å²) in [5, 5.41) is 11.6. The van der Waals surface area contributed by atoms with E-state index in [1.807, 2.05) is 49.4 Å². The summed E-state index contributed by atoms with van der Waals surface area (Å²) in [7, 11) is 0. The molecule has 0 saturated carbocycles. The minimum Gasteiger partial charge on any atom is -0.384 e. The van der Waals surface area contributed by atoms with Gasteiger partial charge in [0.25, 0.3) is 0 Å². The Morgan fingerprint density at radius 1 is 1.21 bits per heavy atom. The van der Waals surface area contributed by atoms with E-state index < -0.39 is 0 Å². The van der Waals surface area contributed by atoms with Crippen molar-refractivity contribution < 1.29 is 4.79 Å². The van der Waals surface area contributed by atoms with Crippen molar-refractivity contribution >= 4 is 39.2 Å². The summed E-state index contributed by atoms with van der Waals surface area (Å²) in [5.41, 5.74) is 10.1. The van der Waals surface area contributed by atoms with Crippen LogP contribution in [0.1, 0.15) is 23.6 Å². The third-order valence-corrected chi connectivity index (χ3v) is 4.94. The molecular formula is C23H19N5O. The van der Waals surface area contributed by atoms with Crippen LogP contribution in [0.4, 0.5) is 11.5 Å². The van der Waals surface area contributed by atoms with Crippen molar-refractivity contribution in [1.82, 2.24) is 9.97 Å². The number of nitrogens with zero attached hydrogens (tertiary/aromatic N) is 4. The van der Waals surface area contributed by atoms with E-state index in [2.05, 4.69) is 16.0 Å². The average molecular weight is 381 g/mol. The molecule has 0 atom stereocenters. The number of aryl methyl sites for hydroxylation is 1. The van der Waals surface area contributed by atoms with Gasteiger partial charge in [-0.3, -0.25) is 9.78 Å². The van der Waals surface area contributed by atoms with E-state index in [1.54, 1.807) is 17.2 Å². The van der Waals surface area contributed by atoms with Gasteiger partial charge in [-0.25, -0.2) is 4.98 Å². The fourth-order valence-corrected chi connectivity index (χ4v) is 3.58. The molecule has 2 N–H and O–H groups in total. The van der Waals surface area contributed by atoms with Gasteiger partial charge >= 0.3 is 0 Å². The van der Waals surface area contributed by atoms with E-state index in [1.165, 1.54) is 6.92 Å². The van der Waals surface area contributed by atoms with E-state index in [4.69, 9.17) is 5.73 Å². The number of pyridine rings is 2. The first kappa shape index (κ1) is 18.4. The number of nitrogen functional groups attached to an aromatic ring is 1. The first-order chi connectivity index (χ1) is 14.0. The quantitative estimate of drug-likeness (QED) is 0.576. The number of carbonyl (C=O) groups excluding carboxylic acids is 1. The highest BCUT2D eigenvalue weighted by molar-refractivity contribution is 5.99. The lowest BCUT2D eigenvalue weighted by Crippen LogP contribution is -2.28. The van der Waals surface area contributed by atoms with Gasteiger partial charge in [-0.2, -0.15) is 5.26 Å². The molecule has 6 heteroatoms. The fourth-order valence-electron chi connectivity index (χ4n) is 3.58. The standard InChI is InChI=1S/C23H19N5O/c1-14-9-22(25)27-20-10-16(12-26-23(14)20)13-28(15(2)29)21-8-7-17-5-3-4-6-18(17)19(21)11-24/h3-10,12H,13H2,1-2H3,(H2,25,27). The summed E-state index contributed by atoms with van der Waals surface area (Å²) >= 11 is 0. The maximum absolute atomic E-state index is 12.5. The summed E-state index contributed by atoms with van der Waals surface area (Å²) < 4.78 is 0. The van der Waals surface area contributed by atoms with Crippen molar-refractivity contribution in [2.45, 2.75) is 20.4 Å². The zero-order valence-electron chi connectivity index (χ0n) is 16.2. The predicted molar refractivity (Wildman–Crippen MR) is 114 cm³/mol. The summed E-state index contributed by atoms with van der Waals surface area (Å²) in [6.07, 6.45) is 1.73. The first-order valence-corrected chi connectivity index (χ1v) is 9.19. The van der Waals surface area contributed by atoms with Crippen molar-refractivity contribution in [3.05, 3.63) is 71.4 Å². The monoisotopic (exact) mass is 381 g/mol. The molecule has 4 rings (SSSR count). The second-order valence-electron chi connectivity index (χ2n) is 6.97. The molecule has 2 aromatic heterocycles. The molecule has 4 aromatic rings. The van der Waals surface area contributed by atoms with Gasteiger partial charge in [-0.05, 0) is 41.6 Å². The number of nitriles is 1. The molecule has 0 spiro atoms. The maximum Gasteiger partial charge on any atom is 0.224 e. The fraction of sp³-hybridized carbons (Fsp3) is 0.130. The average Bonchev–Trinajstić information content (AvgIpc) is 2.70. The second kappa shape index (κ2) is 7.21. The Morgan fingerprint density at radius 3 is 2.76 bits per heavy atom. The summed E-state index contributed by atoms with van der Waals surface area (Å²) in [4.78, 5) is 22.9. The van der Waals surface area contributed by atoms with Crippen LogP contribution in [0.25, 0.3) is 21.8 Å². The van der Waals surface area contributed by atoms with Crippen LogP contribution in [-0.2, 0) is 11.3 Å². The third kappa shape index (κ3) is 3.34. The van der Waals surface area contributed by atoms with Crippen molar-refractivity contribution in [1.29, 1.82) is 5.26 Å². The Hall–Kier alpha value is -3.98. The van der Waals surface area contributed by atoms with Crippen LogP contribution < -0.4 is 10.6 Å². The third-order valence-electron chi connectivity index (χ3n) is 4.94. The molecule has 6 nitrogen and oxygen atoms in total. The minimum atomic E-state index is -0.159. The predicted octanol–water partition coefficient (Wildman–Crippen LogP) is 4.10. The molecule has 29 heavy (non-hydrogen) atoms. The number of rotatable bonds is 3. The van der Waals surface area contributed by atoms with Crippen LogP contribution in [0.2, 0.25) is 0 Å². The molecule has 2 heterocycles. The lowest BCUT2D eigenvalue weighted by Gasteiger charge is -2.23. The van der Waals surface area contributed by atoms with E-state index in [0.29, 0.717) is 22.6 Å². The Morgan fingerprint density at radius 2 is 2.00 bits per heavy atom. The lowest BCUT2D eigenvalue weighted by molar-refractivity contribution is -0.116. The van der Waals surface area contributed by atoms with Crippen molar-refractivity contribution in [2.24, 2.45) is 0 Å². The Kier molecular flexibility index (Phi) is 4.57. The van der Waals surface area contributed by atoms with Crippen LogP contribution in [0.5, 0.6) is 0 Å². The van der Waals surface area contributed by atoms with Crippen LogP contribution in [-0.4, -0.2) is 15.9 Å². The lowest BCUT2D eigenvalue weighted by atomic mass is 10.0. The molecule has 0 aliphatic rings. The number of nitrogens with two attached hydrogens (primary N) is 1. The van der Waals surface area contributed by atoms with E-state index in [-0.39, 0.29) is 12.5 Å². The van der Waals surface area contributed by atoms with Crippen molar-refractivity contribution in [2.75, 3.05) is 10.6 Å². The number of anilines is 2. The molecule has 142 valence electrons. The SMILES string of the molecule is CC(=O)N(Cc1cnc2c(C)cc(N)nc2c1)c1ccc2ccccc2c1C#N. The summed E-state index contributed by atoms with van der Waals surface area (Å²) in [6.45, 7) is 3.70. The number of benzene rings is 2. The van der Waals surface area contributed by atoms with Crippen LogP contribution in [0, 0.1) is 18.3 Å². The van der Waals surface area contributed by atoms with E-state index >= 15 is 0 Å². The maximum atomic E-state index is 12.5. The number of carbonyl (C=O) groups is 1. The number of amides is 1. The molecular weight excluding hydrogens is 362 g/mol. The van der Waals surface area contributed by atoms with Gasteiger partial charge in [-0.15, -0.1) is 0 Å². The molecule has 0 unspecified atom stereocenters. The number of hydrogen-bond donors (Lipinski definition) is 1. The molecule has 0 aliphatic carbocycles. The molecule has 2 aromatic carbocycles. The molecule has 0 radical (unpaired) electrons. The minimum absolute atomic E-state index is 0.159. The highest BCUT2D eigenvalue weighted by Crippen LogP contribution is 2.30. The van der Waals surface area contributed by atoms with Gasteiger partial charge in [0, 0.05) is 18.5 Å². The highest BCUT2D eigenvalue weighted by atomic mass is 16.2. The number of aromatic nitrogens is 2. The van der Waals surface area contributed by atoms with Crippen LogP contribution in [0.3, 0.4) is 0 Å². The first-order valence-electron chi connectivity index (χ1n) is 9.19. The molecule has 0 bridgehead atoms.